The van der Waals surface area contributed by atoms with Gasteiger partial charge in [0.15, 0.2) is 11.5 Å². The lowest BCUT2D eigenvalue weighted by atomic mass is 9.96. The molecule has 1 unspecified atom stereocenters. The second-order valence-electron chi connectivity index (χ2n) is 7.25. The minimum atomic E-state index is -3.81. The average molecular weight is 463 g/mol. The van der Waals surface area contributed by atoms with Crippen molar-refractivity contribution in [3.8, 4) is 17.2 Å². The first-order chi connectivity index (χ1) is 14.6. The maximum absolute atomic E-state index is 13.9. The lowest BCUT2D eigenvalue weighted by Gasteiger charge is -2.26. The molecule has 31 heavy (non-hydrogen) atoms. The van der Waals surface area contributed by atoms with Gasteiger partial charge in [-0.05, 0) is 31.4 Å². The van der Waals surface area contributed by atoms with Crippen LogP contribution in [-0.4, -0.2) is 23.5 Å². The van der Waals surface area contributed by atoms with E-state index in [1.165, 1.54) is 18.2 Å². The number of rotatable bonds is 6. The number of halogens is 5. The van der Waals surface area contributed by atoms with Crippen LogP contribution in [0.4, 0.5) is 22.0 Å². The molecule has 0 aromatic heterocycles. The van der Waals surface area contributed by atoms with Crippen molar-refractivity contribution in [1.82, 2.24) is 0 Å². The monoisotopic (exact) mass is 463 g/mol. The number of carbonyl (C=O) groups is 1. The zero-order valence-corrected chi connectivity index (χ0v) is 16.6. The van der Waals surface area contributed by atoms with Gasteiger partial charge in [-0.1, -0.05) is 12.1 Å². The Labute approximate surface area is 172 Å². The third kappa shape index (κ3) is 3.55. The first-order valence-corrected chi connectivity index (χ1v) is 11.0. The third-order valence-electron chi connectivity index (χ3n) is 5.11. The zero-order valence-electron chi connectivity index (χ0n) is 15.7. The van der Waals surface area contributed by atoms with Crippen molar-refractivity contribution in [3.63, 3.8) is 0 Å². The fourth-order valence-electron chi connectivity index (χ4n) is 2.89. The Morgan fingerprint density at radius 3 is 2.06 bits per heavy atom. The Balaban J connectivity index is 1.58. The quantitative estimate of drug-likeness (QED) is 0.222. The molecule has 1 aliphatic heterocycles. The highest BCUT2D eigenvalue weighted by molar-refractivity contribution is 7.70. The van der Waals surface area contributed by atoms with Gasteiger partial charge in [-0.25, -0.2) is 18.0 Å². The molecule has 2 aliphatic rings. The van der Waals surface area contributed by atoms with Crippen LogP contribution in [0.15, 0.2) is 24.3 Å². The predicted molar refractivity (Wildman–Crippen MR) is 96.5 cm³/mol. The summed E-state index contributed by atoms with van der Waals surface area (Å²) < 4.78 is 96.3. The molecule has 166 valence electrons. The van der Waals surface area contributed by atoms with Crippen molar-refractivity contribution in [3.05, 3.63) is 53.4 Å². The van der Waals surface area contributed by atoms with Crippen LogP contribution in [0.25, 0.3) is 0 Å². The summed E-state index contributed by atoms with van der Waals surface area (Å²) in [5.74, 6) is -14.4. The largest absolute Gasteiger partial charge is 0.461 e. The van der Waals surface area contributed by atoms with Gasteiger partial charge in [-0.15, -0.1) is 0 Å². The number of carbonyl (C=O) groups excluding carboxylic acids is 1. The maximum Gasteiger partial charge on any atom is 0.338 e. The van der Waals surface area contributed by atoms with E-state index in [1.807, 2.05) is 0 Å². The van der Waals surface area contributed by atoms with Crippen LogP contribution in [-0.2, 0) is 14.1 Å². The molecule has 1 aliphatic carbocycles. The van der Waals surface area contributed by atoms with Gasteiger partial charge in [0.2, 0.25) is 40.1 Å². The van der Waals surface area contributed by atoms with Crippen LogP contribution in [0.5, 0.6) is 17.2 Å². The number of para-hydroxylation sites is 2. The molecule has 4 rings (SSSR count). The fraction of sp³-hybridized carbons (Fsp3) is 0.316. The molecular formula is C19H15F5NO5P. The summed E-state index contributed by atoms with van der Waals surface area (Å²) in [7, 11) is -3.81. The summed E-state index contributed by atoms with van der Waals surface area (Å²) in [6, 6.07) is 4.96. The normalized spacial score (nSPS) is 25.0. The Morgan fingerprint density at radius 2 is 1.52 bits per heavy atom. The van der Waals surface area contributed by atoms with Crippen LogP contribution in [0.1, 0.15) is 19.3 Å². The van der Waals surface area contributed by atoms with Crippen LogP contribution in [0.3, 0.4) is 0 Å². The molecule has 0 amide bonds. The highest BCUT2D eigenvalue weighted by atomic mass is 31.2. The first kappa shape index (κ1) is 21.6. The standard InChI is InChI=1S/C19H15F5NO5P/c20-12-13(21)15(23)17(16(24)14(12)22)29-10-6-1-2-7-11(10)30-31(27)8-19(31,25)18(26)28-9-4-3-5-9/h1-2,6-7,9H,3-5,8,25H2/t19-,31?/m1/s1. The molecule has 12 heteroatoms. The average Bonchev–Trinajstić information content (AvgIpc) is 3.27. The maximum atomic E-state index is 13.9. The summed E-state index contributed by atoms with van der Waals surface area (Å²) in [5.41, 5.74) is 5.89. The van der Waals surface area contributed by atoms with Crippen molar-refractivity contribution in [2.75, 3.05) is 6.16 Å². The van der Waals surface area contributed by atoms with Crippen LogP contribution in [0.2, 0.25) is 0 Å². The lowest BCUT2D eigenvalue weighted by molar-refractivity contribution is -0.154. The first-order valence-electron chi connectivity index (χ1n) is 9.14. The van der Waals surface area contributed by atoms with E-state index >= 15 is 0 Å². The Morgan fingerprint density at radius 1 is 0.968 bits per heavy atom. The number of hydrogen-bond acceptors (Lipinski definition) is 6. The fourth-order valence-corrected chi connectivity index (χ4v) is 4.96. The van der Waals surface area contributed by atoms with Gasteiger partial charge in [0.05, 0.1) is 6.16 Å². The molecule has 0 bridgehead atoms. The highest BCUT2D eigenvalue weighted by Crippen LogP contribution is 2.73. The molecule has 6 nitrogen and oxygen atoms in total. The molecular weight excluding hydrogens is 448 g/mol. The van der Waals surface area contributed by atoms with Gasteiger partial charge in [-0.2, -0.15) is 8.78 Å². The van der Waals surface area contributed by atoms with Gasteiger partial charge in [0, 0.05) is 0 Å². The smallest absolute Gasteiger partial charge is 0.338 e. The van der Waals surface area contributed by atoms with Crippen molar-refractivity contribution < 1.29 is 45.3 Å². The minimum Gasteiger partial charge on any atom is -0.461 e. The Kier molecular flexibility index (Phi) is 5.21. The molecule has 1 saturated heterocycles. The van der Waals surface area contributed by atoms with Gasteiger partial charge >= 0.3 is 5.97 Å². The second-order valence-corrected chi connectivity index (χ2v) is 9.90. The summed E-state index contributed by atoms with van der Waals surface area (Å²) >= 11 is 0. The van der Waals surface area contributed by atoms with Crippen molar-refractivity contribution >= 4 is 13.3 Å². The van der Waals surface area contributed by atoms with Gasteiger partial charge in [0.25, 0.3) is 7.37 Å². The van der Waals surface area contributed by atoms with Crippen molar-refractivity contribution in [1.29, 1.82) is 0 Å². The molecule has 2 N–H and O–H groups in total. The minimum absolute atomic E-state index is 0.299. The van der Waals surface area contributed by atoms with E-state index < -0.39 is 59.2 Å². The summed E-state index contributed by atoms with van der Waals surface area (Å²) in [4.78, 5) is 12.3. The summed E-state index contributed by atoms with van der Waals surface area (Å²) in [6.07, 6.45) is 1.60. The van der Waals surface area contributed by atoms with Gasteiger partial charge < -0.3 is 19.7 Å². The molecule has 2 aromatic carbocycles. The van der Waals surface area contributed by atoms with Crippen LogP contribution < -0.4 is 15.0 Å². The Bertz CT molecular complexity index is 1100. The number of esters is 1. The van der Waals surface area contributed by atoms with Crippen LogP contribution >= 0.6 is 7.37 Å². The van der Waals surface area contributed by atoms with Crippen molar-refractivity contribution in [2.45, 2.75) is 30.6 Å². The third-order valence-corrected chi connectivity index (χ3v) is 7.69. The van der Waals surface area contributed by atoms with Gasteiger partial charge in [-0.3, -0.25) is 4.57 Å². The molecule has 1 saturated carbocycles. The van der Waals surface area contributed by atoms with Crippen molar-refractivity contribution in [2.24, 2.45) is 5.73 Å². The molecule has 2 fully saturated rings. The van der Waals surface area contributed by atoms with Crippen LogP contribution in [0, 0.1) is 29.1 Å². The molecule has 2 atom stereocenters. The SMILES string of the molecule is N[C@]1(C(=O)OC2CCC2)CP1(=O)Oc1ccccc1Oc1c(F)c(F)c(F)c(F)c1F. The number of ether oxygens (including phenoxy) is 2. The second kappa shape index (κ2) is 7.49. The summed E-state index contributed by atoms with van der Waals surface area (Å²) in [5, 5.41) is -1.89. The van der Waals surface area contributed by atoms with Gasteiger partial charge in [0.1, 0.15) is 6.10 Å². The van der Waals surface area contributed by atoms with E-state index in [1.54, 1.807) is 0 Å². The molecule has 0 spiro atoms. The van der Waals surface area contributed by atoms with E-state index in [0.717, 1.165) is 12.5 Å². The van der Waals surface area contributed by atoms with E-state index in [9.17, 15) is 31.3 Å². The Hall–Kier alpha value is -2.65. The molecule has 2 aromatic rings. The number of nitrogens with two attached hydrogens (primary N) is 1. The predicted octanol–water partition coefficient (Wildman–Crippen LogP) is 4.60. The number of hydrogen-bond donors (Lipinski definition) is 1. The highest BCUT2D eigenvalue weighted by Gasteiger charge is 2.73. The van der Waals surface area contributed by atoms with E-state index in [4.69, 9.17) is 19.7 Å². The van der Waals surface area contributed by atoms with E-state index in [-0.39, 0.29) is 18.0 Å². The van der Waals surface area contributed by atoms with E-state index in [0.29, 0.717) is 12.8 Å². The molecule has 1 heterocycles. The number of benzene rings is 2. The lowest BCUT2D eigenvalue weighted by Crippen LogP contribution is -2.40. The molecule has 0 radical (unpaired) electrons. The topological polar surface area (TPSA) is 87.9 Å². The zero-order chi connectivity index (χ0) is 22.6. The van der Waals surface area contributed by atoms with E-state index in [2.05, 4.69) is 0 Å². The summed E-state index contributed by atoms with van der Waals surface area (Å²) in [6.45, 7) is 0.